The zero-order valence-corrected chi connectivity index (χ0v) is 14.0. The summed E-state index contributed by atoms with van der Waals surface area (Å²) in [5.74, 6) is -0.299. The van der Waals surface area contributed by atoms with Crippen LogP contribution in [0.25, 0.3) is 0 Å². The minimum Gasteiger partial charge on any atom is -0.353 e. The number of carbonyl (C=O) groups excluding carboxylic acids is 2. The van der Waals surface area contributed by atoms with E-state index in [1.54, 1.807) is 21.8 Å². The fourth-order valence-electron chi connectivity index (χ4n) is 2.88. The highest BCUT2D eigenvalue weighted by molar-refractivity contribution is 5.96. The van der Waals surface area contributed by atoms with Crippen molar-refractivity contribution in [1.82, 2.24) is 20.0 Å². The lowest BCUT2D eigenvalue weighted by Crippen LogP contribution is -2.58. The second kappa shape index (κ2) is 6.86. The number of carbonyl (C=O) groups is 2. The Morgan fingerprint density at radius 1 is 1.29 bits per heavy atom. The van der Waals surface area contributed by atoms with Crippen molar-refractivity contribution in [2.45, 2.75) is 32.4 Å². The summed E-state index contributed by atoms with van der Waals surface area (Å²) >= 11 is 0. The molecule has 2 aromatic rings. The van der Waals surface area contributed by atoms with E-state index in [2.05, 4.69) is 10.4 Å². The molecule has 0 bridgehead atoms. The van der Waals surface area contributed by atoms with Crippen molar-refractivity contribution in [2.24, 2.45) is 0 Å². The van der Waals surface area contributed by atoms with Crippen LogP contribution in [0.5, 0.6) is 0 Å². The van der Waals surface area contributed by atoms with Gasteiger partial charge in [-0.25, -0.2) is 0 Å². The van der Waals surface area contributed by atoms with Crippen LogP contribution < -0.4 is 5.32 Å². The minimum atomic E-state index is -0.502. The van der Waals surface area contributed by atoms with Crippen molar-refractivity contribution >= 4 is 11.8 Å². The molecule has 1 aromatic carbocycles. The number of piperazine rings is 1. The number of rotatable bonds is 4. The van der Waals surface area contributed by atoms with Gasteiger partial charge in [0, 0.05) is 31.7 Å². The molecule has 0 spiro atoms. The van der Waals surface area contributed by atoms with Gasteiger partial charge >= 0.3 is 0 Å². The van der Waals surface area contributed by atoms with E-state index in [4.69, 9.17) is 0 Å². The van der Waals surface area contributed by atoms with Gasteiger partial charge < -0.3 is 10.2 Å². The summed E-state index contributed by atoms with van der Waals surface area (Å²) in [7, 11) is 0. The Morgan fingerprint density at radius 3 is 2.71 bits per heavy atom. The van der Waals surface area contributed by atoms with Crippen molar-refractivity contribution < 1.29 is 9.59 Å². The van der Waals surface area contributed by atoms with Gasteiger partial charge in [-0.05, 0) is 25.5 Å². The Morgan fingerprint density at radius 2 is 2.04 bits per heavy atom. The molecule has 0 saturated carbocycles. The molecule has 2 heterocycles. The van der Waals surface area contributed by atoms with Crippen LogP contribution in [-0.2, 0) is 11.2 Å². The average molecular weight is 326 g/mol. The zero-order valence-electron chi connectivity index (χ0n) is 14.0. The van der Waals surface area contributed by atoms with Gasteiger partial charge in [0.1, 0.15) is 11.7 Å². The number of nitrogens with zero attached hydrogens (tertiary/aromatic N) is 3. The minimum absolute atomic E-state index is 0.109. The third kappa shape index (κ3) is 3.32. The lowest BCUT2D eigenvalue weighted by Gasteiger charge is -2.34. The summed E-state index contributed by atoms with van der Waals surface area (Å²) in [5, 5.41) is 7.20. The Hall–Kier alpha value is -2.63. The lowest BCUT2D eigenvalue weighted by atomic mass is 10.0. The molecule has 0 radical (unpaired) electrons. The van der Waals surface area contributed by atoms with Crippen molar-refractivity contribution in [3.8, 4) is 0 Å². The van der Waals surface area contributed by atoms with E-state index in [9.17, 15) is 9.59 Å². The summed E-state index contributed by atoms with van der Waals surface area (Å²) in [6.45, 7) is 4.99. The molecular formula is C18H22N4O2. The third-order valence-electron chi connectivity index (χ3n) is 4.22. The van der Waals surface area contributed by atoms with Crippen LogP contribution >= 0.6 is 0 Å². The van der Waals surface area contributed by atoms with E-state index in [1.807, 2.05) is 44.2 Å². The molecule has 0 unspecified atom stereocenters. The highest BCUT2D eigenvalue weighted by Crippen LogP contribution is 2.16. The van der Waals surface area contributed by atoms with Crippen LogP contribution in [0.2, 0.25) is 0 Å². The number of hydrogen-bond donors (Lipinski definition) is 1. The number of hydrogen-bond acceptors (Lipinski definition) is 3. The first-order valence-electron chi connectivity index (χ1n) is 8.24. The van der Waals surface area contributed by atoms with Gasteiger partial charge in [0.05, 0.1) is 0 Å². The number of benzene rings is 1. The molecule has 1 fully saturated rings. The molecule has 1 aromatic heterocycles. The quantitative estimate of drug-likeness (QED) is 0.929. The van der Waals surface area contributed by atoms with Gasteiger partial charge in [0.15, 0.2) is 0 Å². The average Bonchev–Trinajstić information content (AvgIpc) is 3.07. The van der Waals surface area contributed by atoms with Crippen LogP contribution in [-0.4, -0.2) is 45.6 Å². The molecule has 6 heteroatoms. The van der Waals surface area contributed by atoms with Crippen molar-refractivity contribution in [2.75, 3.05) is 13.1 Å². The summed E-state index contributed by atoms with van der Waals surface area (Å²) in [4.78, 5) is 26.8. The maximum atomic E-state index is 12.9. The van der Waals surface area contributed by atoms with Gasteiger partial charge in [-0.1, -0.05) is 30.3 Å². The first-order valence-corrected chi connectivity index (χ1v) is 8.24. The van der Waals surface area contributed by atoms with E-state index in [-0.39, 0.29) is 17.9 Å². The van der Waals surface area contributed by atoms with Crippen molar-refractivity contribution in [3.05, 3.63) is 53.9 Å². The molecule has 1 N–H and O–H groups in total. The van der Waals surface area contributed by atoms with E-state index in [1.165, 1.54) is 0 Å². The zero-order chi connectivity index (χ0) is 17.1. The molecule has 6 nitrogen and oxygen atoms in total. The second-order valence-electron chi connectivity index (χ2n) is 6.27. The number of amides is 2. The number of aromatic nitrogens is 2. The van der Waals surface area contributed by atoms with E-state index >= 15 is 0 Å². The van der Waals surface area contributed by atoms with Gasteiger partial charge in [-0.2, -0.15) is 5.10 Å². The van der Waals surface area contributed by atoms with Crippen LogP contribution in [0.1, 0.15) is 35.9 Å². The fourth-order valence-corrected chi connectivity index (χ4v) is 2.88. The highest BCUT2D eigenvalue weighted by Gasteiger charge is 2.34. The Labute approximate surface area is 141 Å². The molecule has 24 heavy (non-hydrogen) atoms. The first kappa shape index (κ1) is 16.2. The molecular weight excluding hydrogens is 304 g/mol. The summed E-state index contributed by atoms with van der Waals surface area (Å²) in [6, 6.07) is 11.2. The maximum Gasteiger partial charge on any atom is 0.275 e. The smallest absolute Gasteiger partial charge is 0.275 e. The predicted molar refractivity (Wildman–Crippen MR) is 90.6 cm³/mol. The normalized spacial score (nSPS) is 17.9. The molecule has 126 valence electrons. The van der Waals surface area contributed by atoms with Crippen LogP contribution in [0.4, 0.5) is 0 Å². The topological polar surface area (TPSA) is 67.2 Å². The molecule has 2 amide bonds. The highest BCUT2D eigenvalue weighted by atomic mass is 16.2. The standard InChI is InChI=1S/C18H22N4O2/c1-13(2)22-10-8-15(20-22)18(24)21-11-9-19-17(23)16(21)12-14-6-4-3-5-7-14/h3-8,10,13,16H,9,11-12H2,1-2H3,(H,19,23)/t16-/m0/s1. The maximum absolute atomic E-state index is 12.9. The monoisotopic (exact) mass is 326 g/mol. The Kier molecular flexibility index (Phi) is 4.64. The van der Waals surface area contributed by atoms with Gasteiger partial charge in [-0.15, -0.1) is 0 Å². The number of nitrogens with one attached hydrogen (secondary N) is 1. The van der Waals surface area contributed by atoms with Crippen LogP contribution in [0, 0.1) is 0 Å². The van der Waals surface area contributed by atoms with Crippen LogP contribution in [0.15, 0.2) is 42.6 Å². The molecule has 3 rings (SSSR count). The van der Waals surface area contributed by atoms with E-state index in [0.717, 1.165) is 5.56 Å². The molecule has 1 aliphatic heterocycles. The SMILES string of the molecule is CC(C)n1ccc(C(=O)N2CCNC(=O)[C@@H]2Cc2ccccc2)n1. The first-order chi connectivity index (χ1) is 11.6. The van der Waals surface area contributed by atoms with Crippen molar-refractivity contribution in [1.29, 1.82) is 0 Å². The molecule has 1 atom stereocenters. The molecule has 1 saturated heterocycles. The summed E-state index contributed by atoms with van der Waals surface area (Å²) in [5.41, 5.74) is 1.42. The Bertz CT molecular complexity index is 724. The fraction of sp³-hybridized carbons (Fsp3) is 0.389. The van der Waals surface area contributed by atoms with Gasteiger partial charge in [-0.3, -0.25) is 14.3 Å². The largest absolute Gasteiger partial charge is 0.353 e. The van der Waals surface area contributed by atoms with E-state index in [0.29, 0.717) is 25.2 Å². The van der Waals surface area contributed by atoms with Gasteiger partial charge in [0.2, 0.25) is 5.91 Å². The lowest BCUT2D eigenvalue weighted by molar-refractivity contribution is -0.127. The van der Waals surface area contributed by atoms with Crippen molar-refractivity contribution in [3.63, 3.8) is 0 Å². The second-order valence-corrected chi connectivity index (χ2v) is 6.27. The Balaban J connectivity index is 1.82. The van der Waals surface area contributed by atoms with Gasteiger partial charge in [0.25, 0.3) is 5.91 Å². The molecule has 1 aliphatic rings. The predicted octanol–water partition coefficient (Wildman–Crippen LogP) is 1.65. The third-order valence-corrected chi connectivity index (χ3v) is 4.22. The molecule has 0 aliphatic carbocycles. The summed E-state index contributed by atoms with van der Waals surface area (Å²) in [6.07, 6.45) is 2.30. The summed E-state index contributed by atoms with van der Waals surface area (Å²) < 4.78 is 1.75. The van der Waals surface area contributed by atoms with Crippen LogP contribution in [0.3, 0.4) is 0 Å². The van der Waals surface area contributed by atoms with E-state index < -0.39 is 6.04 Å².